The van der Waals surface area contributed by atoms with Gasteiger partial charge in [0.15, 0.2) is 5.69 Å². The molecule has 3 N–H and O–H groups in total. The van der Waals surface area contributed by atoms with E-state index in [0.29, 0.717) is 22.5 Å². The number of hydrogen-bond donors (Lipinski definition) is 2. The van der Waals surface area contributed by atoms with E-state index < -0.39 is 5.91 Å². The summed E-state index contributed by atoms with van der Waals surface area (Å²) >= 11 is 2.21. The molecule has 118 valence electrons. The zero-order valence-electron chi connectivity index (χ0n) is 12.7. The van der Waals surface area contributed by atoms with Crippen LogP contribution in [0.15, 0.2) is 36.4 Å². The lowest BCUT2D eigenvalue weighted by Crippen LogP contribution is -2.17. The van der Waals surface area contributed by atoms with Gasteiger partial charge in [0.25, 0.3) is 5.91 Å². The number of amides is 1. The molecule has 2 aromatic carbocycles. The van der Waals surface area contributed by atoms with Crippen molar-refractivity contribution in [2.75, 3.05) is 5.32 Å². The van der Waals surface area contributed by atoms with Crippen LogP contribution in [0.2, 0.25) is 0 Å². The number of nitrogens with zero attached hydrogens (tertiary/aromatic N) is 3. The quantitative estimate of drug-likeness (QED) is 0.622. The summed E-state index contributed by atoms with van der Waals surface area (Å²) in [5, 5.41) is 21.1. The molecule has 0 fully saturated rings. The number of anilines is 2. The third kappa shape index (κ3) is 3.00. The number of rotatable bonds is 3. The van der Waals surface area contributed by atoms with Crippen LogP contribution in [0, 0.1) is 21.8 Å². The van der Waals surface area contributed by atoms with E-state index in [1.54, 1.807) is 24.3 Å². The lowest BCUT2D eigenvalue weighted by atomic mass is 10.1. The van der Waals surface area contributed by atoms with E-state index in [1.165, 1.54) is 0 Å². The topological polar surface area (TPSA) is 105 Å². The van der Waals surface area contributed by atoms with Gasteiger partial charge in [-0.05, 0) is 65.4 Å². The Morgan fingerprint density at radius 1 is 1.29 bits per heavy atom. The summed E-state index contributed by atoms with van der Waals surface area (Å²) in [4.78, 5) is 11.8. The number of fused-ring (bicyclic) bond motifs is 1. The lowest BCUT2D eigenvalue weighted by molar-refractivity contribution is 0.0995. The standard InChI is InChI=1S/C17H12IN5O/c1-9-5-11(18)7-13-14(9)22-23-16(17(20)24)15(13)21-12-4-2-3-10(6-12)8-19/h2-7H,1H3,(H2,20,24)(H,21,22). The van der Waals surface area contributed by atoms with Crippen molar-refractivity contribution in [1.82, 2.24) is 10.2 Å². The molecule has 6 nitrogen and oxygen atoms in total. The summed E-state index contributed by atoms with van der Waals surface area (Å²) in [7, 11) is 0. The van der Waals surface area contributed by atoms with Gasteiger partial charge in [0, 0.05) is 14.6 Å². The Balaban J connectivity index is 2.25. The molecule has 0 bridgehead atoms. The molecule has 24 heavy (non-hydrogen) atoms. The van der Waals surface area contributed by atoms with Gasteiger partial charge >= 0.3 is 0 Å². The van der Waals surface area contributed by atoms with Crippen LogP contribution in [-0.4, -0.2) is 16.1 Å². The molecule has 0 atom stereocenters. The van der Waals surface area contributed by atoms with Crippen LogP contribution in [-0.2, 0) is 0 Å². The predicted molar refractivity (Wildman–Crippen MR) is 99.9 cm³/mol. The smallest absolute Gasteiger partial charge is 0.271 e. The number of benzene rings is 2. The average Bonchev–Trinajstić information content (AvgIpc) is 2.55. The summed E-state index contributed by atoms with van der Waals surface area (Å²) in [6.07, 6.45) is 0. The van der Waals surface area contributed by atoms with Crippen LogP contribution in [0.3, 0.4) is 0 Å². The molecule has 0 aliphatic rings. The molecular formula is C17H12IN5O. The normalized spacial score (nSPS) is 10.4. The van der Waals surface area contributed by atoms with Crippen molar-refractivity contribution in [2.24, 2.45) is 5.73 Å². The molecule has 1 heterocycles. The van der Waals surface area contributed by atoms with Gasteiger partial charge in [0.1, 0.15) is 0 Å². The first-order valence-electron chi connectivity index (χ1n) is 7.03. The second kappa shape index (κ2) is 6.41. The van der Waals surface area contributed by atoms with Crippen molar-refractivity contribution in [2.45, 2.75) is 6.92 Å². The SMILES string of the molecule is Cc1cc(I)cc2c(Nc3cccc(C#N)c3)c(C(N)=O)nnc12. The maximum atomic E-state index is 11.8. The minimum absolute atomic E-state index is 0.0614. The number of primary amides is 1. The summed E-state index contributed by atoms with van der Waals surface area (Å²) in [6, 6.07) is 13.0. The van der Waals surface area contributed by atoms with Gasteiger partial charge in [-0.2, -0.15) is 5.26 Å². The van der Waals surface area contributed by atoms with E-state index in [9.17, 15) is 4.79 Å². The molecule has 1 aromatic heterocycles. The first kappa shape index (κ1) is 16.1. The highest BCUT2D eigenvalue weighted by atomic mass is 127. The van der Waals surface area contributed by atoms with Crippen molar-refractivity contribution in [3.05, 3.63) is 56.8 Å². The molecule has 0 saturated carbocycles. The maximum Gasteiger partial charge on any atom is 0.271 e. The summed E-state index contributed by atoms with van der Waals surface area (Å²) < 4.78 is 1.01. The maximum absolute atomic E-state index is 11.8. The first-order chi connectivity index (χ1) is 11.5. The summed E-state index contributed by atoms with van der Waals surface area (Å²) in [5.74, 6) is -0.667. The van der Waals surface area contributed by atoms with Crippen LogP contribution in [0.1, 0.15) is 21.6 Å². The fourth-order valence-electron chi connectivity index (χ4n) is 2.45. The van der Waals surface area contributed by atoms with Crippen LogP contribution in [0.4, 0.5) is 11.4 Å². The second-order valence-electron chi connectivity index (χ2n) is 5.22. The molecule has 0 saturated heterocycles. The van der Waals surface area contributed by atoms with Gasteiger partial charge in [0.2, 0.25) is 0 Å². The zero-order chi connectivity index (χ0) is 17.3. The number of aryl methyl sites for hydroxylation is 1. The monoisotopic (exact) mass is 429 g/mol. The van der Waals surface area contributed by atoms with Crippen LogP contribution in [0.5, 0.6) is 0 Å². The van der Waals surface area contributed by atoms with Crippen molar-refractivity contribution in [1.29, 1.82) is 5.26 Å². The van der Waals surface area contributed by atoms with E-state index in [2.05, 4.69) is 44.2 Å². The zero-order valence-corrected chi connectivity index (χ0v) is 14.8. The highest BCUT2D eigenvalue weighted by Gasteiger charge is 2.17. The van der Waals surface area contributed by atoms with E-state index in [-0.39, 0.29) is 5.69 Å². The third-order valence-electron chi connectivity index (χ3n) is 3.52. The molecule has 1 amide bonds. The van der Waals surface area contributed by atoms with E-state index >= 15 is 0 Å². The largest absolute Gasteiger partial charge is 0.364 e. The first-order valence-corrected chi connectivity index (χ1v) is 8.11. The van der Waals surface area contributed by atoms with Crippen molar-refractivity contribution < 1.29 is 4.79 Å². The molecule has 7 heteroatoms. The fraction of sp³-hybridized carbons (Fsp3) is 0.0588. The van der Waals surface area contributed by atoms with Crippen LogP contribution >= 0.6 is 22.6 Å². The summed E-state index contributed by atoms with van der Waals surface area (Å²) in [6.45, 7) is 1.93. The van der Waals surface area contributed by atoms with E-state index in [1.807, 2.05) is 19.1 Å². The predicted octanol–water partition coefficient (Wildman–Crippen LogP) is 3.26. The van der Waals surface area contributed by atoms with Crippen molar-refractivity contribution in [3.63, 3.8) is 0 Å². The van der Waals surface area contributed by atoms with Gasteiger partial charge in [-0.25, -0.2) is 0 Å². The Morgan fingerprint density at radius 2 is 2.08 bits per heavy atom. The molecule has 0 spiro atoms. The number of aromatic nitrogens is 2. The number of carbonyl (C=O) groups is 1. The number of halogens is 1. The highest BCUT2D eigenvalue weighted by molar-refractivity contribution is 14.1. The number of carbonyl (C=O) groups excluding carboxylic acids is 1. The second-order valence-corrected chi connectivity index (χ2v) is 6.47. The number of nitrogens with one attached hydrogen (secondary N) is 1. The minimum Gasteiger partial charge on any atom is -0.364 e. The van der Waals surface area contributed by atoms with Gasteiger partial charge in [-0.15, -0.1) is 10.2 Å². The number of nitrogens with two attached hydrogens (primary N) is 1. The van der Waals surface area contributed by atoms with Gasteiger partial charge in [0.05, 0.1) is 22.8 Å². The lowest BCUT2D eigenvalue weighted by Gasteiger charge is -2.13. The Bertz CT molecular complexity index is 1010. The van der Waals surface area contributed by atoms with Gasteiger partial charge in [-0.1, -0.05) is 6.07 Å². The van der Waals surface area contributed by atoms with Gasteiger partial charge in [-0.3, -0.25) is 4.79 Å². The molecule has 0 unspecified atom stereocenters. The number of hydrogen-bond acceptors (Lipinski definition) is 5. The Kier molecular flexibility index (Phi) is 4.31. The van der Waals surface area contributed by atoms with Crippen LogP contribution < -0.4 is 11.1 Å². The van der Waals surface area contributed by atoms with E-state index in [0.717, 1.165) is 14.5 Å². The number of nitriles is 1. The summed E-state index contributed by atoms with van der Waals surface area (Å²) in [5.41, 5.74) is 8.83. The molecule has 3 rings (SSSR count). The molecule has 0 radical (unpaired) electrons. The van der Waals surface area contributed by atoms with E-state index in [4.69, 9.17) is 11.0 Å². The van der Waals surface area contributed by atoms with Crippen molar-refractivity contribution >= 4 is 50.8 Å². The fourth-order valence-corrected chi connectivity index (χ4v) is 3.22. The average molecular weight is 429 g/mol. The van der Waals surface area contributed by atoms with Gasteiger partial charge < -0.3 is 11.1 Å². The molecular weight excluding hydrogens is 417 g/mol. The Labute approximate surface area is 151 Å². The Morgan fingerprint density at radius 3 is 2.79 bits per heavy atom. The van der Waals surface area contributed by atoms with Crippen LogP contribution in [0.25, 0.3) is 10.9 Å². The van der Waals surface area contributed by atoms with Crippen molar-refractivity contribution in [3.8, 4) is 6.07 Å². The molecule has 0 aliphatic carbocycles. The molecule has 3 aromatic rings. The minimum atomic E-state index is -0.667. The Hall–Kier alpha value is -2.73. The highest BCUT2D eigenvalue weighted by Crippen LogP contribution is 2.31. The molecule has 0 aliphatic heterocycles. The third-order valence-corrected chi connectivity index (χ3v) is 4.14.